The summed E-state index contributed by atoms with van der Waals surface area (Å²) in [5.41, 5.74) is 1.26. The lowest BCUT2D eigenvalue weighted by Gasteiger charge is -2.35. The van der Waals surface area contributed by atoms with Crippen LogP contribution in [0.4, 0.5) is 0 Å². The van der Waals surface area contributed by atoms with Crippen LogP contribution in [0.2, 0.25) is 0 Å². The van der Waals surface area contributed by atoms with Crippen molar-refractivity contribution in [2.24, 2.45) is 0 Å². The summed E-state index contributed by atoms with van der Waals surface area (Å²) >= 11 is 0. The Bertz CT molecular complexity index is 660. The van der Waals surface area contributed by atoms with Crippen LogP contribution in [-0.2, 0) is 6.42 Å². The van der Waals surface area contributed by atoms with Gasteiger partial charge in [0.25, 0.3) is 0 Å². The topological polar surface area (TPSA) is 119 Å². The van der Waals surface area contributed by atoms with E-state index < -0.39 is 37.1 Å². The fourth-order valence-corrected chi connectivity index (χ4v) is 2.94. The van der Waals surface area contributed by atoms with Gasteiger partial charge in [0.2, 0.25) is 0 Å². The zero-order chi connectivity index (χ0) is 16.6. The van der Waals surface area contributed by atoms with Crippen molar-refractivity contribution >= 4 is 0 Å². The van der Waals surface area contributed by atoms with E-state index in [1.54, 1.807) is 0 Å². The van der Waals surface area contributed by atoms with Gasteiger partial charge in [-0.1, -0.05) is 30.3 Å². The highest BCUT2D eigenvalue weighted by Gasteiger charge is 2.41. The van der Waals surface area contributed by atoms with E-state index in [1.165, 1.54) is 10.8 Å². The molecule has 1 aromatic carbocycles. The zero-order valence-corrected chi connectivity index (χ0v) is 12.4. The van der Waals surface area contributed by atoms with E-state index in [2.05, 4.69) is 4.98 Å². The monoisotopic (exact) mass is 320 g/mol. The maximum absolute atomic E-state index is 10.4. The third-order valence-corrected chi connectivity index (χ3v) is 4.27. The normalized spacial score (nSPS) is 28.4. The molecule has 0 amide bonds. The molecule has 0 saturated heterocycles. The molecule has 5 N–H and O–H groups in total. The molecule has 0 radical (unpaired) electrons. The number of aliphatic hydroxyl groups is 5. The minimum atomic E-state index is -1.43. The first-order valence-corrected chi connectivity index (χ1v) is 7.48. The number of imidazole rings is 1. The molecule has 5 atom stereocenters. The molecular formula is C16H20N2O5. The Balaban J connectivity index is 1.89. The lowest BCUT2D eigenvalue weighted by Crippen LogP contribution is -2.46. The predicted molar refractivity (Wildman–Crippen MR) is 80.4 cm³/mol. The maximum atomic E-state index is 10.4. The van der Waals surface area contributed by atoms with E-state index in [1.807, 2.05) is 30.3 Å². The minimum Gasteiger partial charge on any atom is -0.394 e. The van der Waals surface area contributed by atoms with Crippen molar-refractivity contribution in [3.63, 3.8) is 0 Å². The molecule has 7 heteroatoms. The van der Waals surface area contributed by atoms with Gasteiger partial charge in [0.1, 0.15) is 30.2 Å². The molecule has 0 saturated carbocycles. The zero-order valence-electron chi connectivity index (χ0n) is 12.4. The molecular weight excluding hydrogens is 300 g/mol. The van der Waals surface area contributed by atoms with E-state index >= 15 is 0 Å². The third kappa shape index (κ3) is 2.89. The summed E-state index contributed by atoms with van der Waals surface area (Å²) in [4.78, 5) is 4.19. The number of aliphatic hydroxyl groups excluding tert-OH is 5. The van der Waals surface area contributed by atoms with Crippen LogP contribution in [0.25, 0.3) is 0 Å². The van der Waals surface area contributed by atoms with Crippen LogP contribution in [0.5, 0.6) is 0 Å². The summed E-state index contributed by atoms with van der Waals surface area (Å²) in [5, 5.41) is 49.6. The molecule has 7 nitrogen and oxygen atoms in total. The second kappa shape index (κ2) is 6.38. The second-order valence-corrected chi connectivity index (χ2v) is 5.81. The predicted octanol–water partition coefficient (Wildman–Crippen LogP) is -0.539. The smallest absolute Gasteiger partial charge is 0.141 e. The largest absolute Gasteiger partial charge is 0.394 e. The number of nitrogens with zero attached hydrogens (tertiary/aromatic N) is 2. The summed E-state index contributed by atoms with van der Waals surface area (Å²) in [6, 6.07) is 8.59. The van der Waals surface area contributed by atoms with Gasteiger partial charge in [-0.05, 0) is 5.56 Å². The highest BCUT2D eigenvalue weighted by molar-refractivity contribution is 5.20. The Labute approximate surface area is 133 Å². The summed E-state index contributed by atoms with van der Waals surface area (Å²) < 4.78 is 1.42. The number of hydrogen-bond donors (Lipinski definition) is 5. The molecule has 1 aromatic heterocycles. The van der Waals surface area contributed by atoms with Crippen molar-refractivity contribution in [1.82, 2.24) is 9.55 Å². The molecule has 2 heterocycles. The molecule has 0 fully saturated rings. The molecule has 124 valence electrons. The number of rotatable bonds is 4. The molecule has 23 heavy (non-hydrogen) atoms. The Morgan fingerprint density at radius 3 is 2.43 bits per heavy atom. The van der Waals surface area contributed by atoms with Crippen LogP contribution in [0.15, 0.2) is 36.5 Å². The van der Waals surface area contributed by atoms with Crippen LogP contribution in [0.3, 0.4) is 0 Å². The first kappa shape index (κ1) is 16.1. The summed E-state index contributed by atoms with van der Waals surface area (Å²) in [6.07, 6.45) is -3.15. The molecule has 0 spiro atoms. The highest BCUT2D eigenvalue weighted by atomic mass is 16.4. The van der Waals surface area contributed by atoms with E-state index in [4.69, 9.17) is 0 Å². The van der Waals surface area contributed by atoms with Crippen LogP contribution in [0, 0.1) is 0 Å². The summed E-state index contributed by atoms with van der Waals surface area (Å²) in [5.74, 6) is 0.129. The van der Waals surface area contributed by atoms with E-state index in [0.29, 0.717) is 12.1 Å². The van der Waals surface area contributed by atoms with Gasteiger partial charge < -0.3 is 30.1 Å². The summed E-state index contributed by atoms with van der Waals surface area (Å²) in [6.45, 7) is -0.414. The number of aromatic nitrogens is 2. The van der Waals surface area contributed by atoms with Crippen LogP contribution in [0.1, 0.15) is 35.3 Å². The van der Waals surface area contributed by atoms with Gasteiger partial charge in [-0.15, -0.1) is 0 Å². The molecule has 1 aliphatic rings. The van der Waals surface area contributed by atoms with E-state index in [9.17, 15) is 25.5 Å². The van der Waals surface area contributed by atoms with Gasteiger partial charge in [-0.3, -0.25) is 0 Å². The fraction of sp³-hybridized carbons (Fsp3) is 0.438. The molecule has 0 aliphatic carbocycles. The van der Waals surface area contributed by atoms with Crippen molar-refractivity contribution in [3.05, 3.63) is 53.6 Å². The highest BCUT2D eigenvalue weighted by Crippen LogP contribution is 2.33. The van der Waals surface area contributed by atoms with Crippen molar-refractivity contribution in [3.8, 4) is 0 Å². The van der Waals surface area contributed by atoms with Gasteiger partial charge in [0, 0.05) is 12.6 Å². The van der Waals surface area contributed by atoms with Gasteiger partial charge in [0.15, 0.2) is 0 Å². The molecule has 0 unspecified atom stereocenters. The first-order chi connectivity index (χ1) is 11.0. The van der Waals surface area contributed by atoms with Crippen molar-refractivity contribution in [1.29, 1.82) is 0 Å². The Morgan fingerprint density at radius 2 is 1.78 bits per heavy atom. The first-order valence-electron chi connectivity index (χ1n) is 7.48. The number of benzene rings is 1. The third-order valence-electron chi connectivity index (χ3n) is 4.27. The molecule has 0 bridgehead atoms. The Kier molecular flexibility index (Phi) is 4.47. The lowest BCUT2D eigenvalue weighted by atomic mass is 9.96. The lowest BCUT2D eigenvalue weighted by molar-refractivity contribution is -0.108. The summed E-state index contributed by atoms with van der Waals surface area (Å²) in [7, 11) is 0. The fourth-order valence-electron chi connectivity index (χ4n) is 2.94. The maximum Gasteiger partial charge on any atom is 0.141 e. The van der Waals surface area contributed by atoms with Crippen molar-refractivity contribution in [2.75, 3.05) is 6.61 Å². The van der Waals surface area contributed by atoms with Crippen LogP contribution < -0.4 is 0 Å². The number of fused-ring (bicyclic) bond motifs is 1. The SMILES string of the molecule is OC[C@@H]1[C@@H](O)[C@H](O)[C@@H](O)c2nc([C@@H](O)Cc3ccccc3)cn21. The van der Waals surface area contributed by atoms with Gasteiger partial charge >= 0.3 is 0 Å². The molecule has 1 aliphatic heterocycles. The van der Waals surface area contributed by atoms with Crippen LogP contribution >= 0.6 is 0 Å². The Hall–Kier alpha value is -1.77. The van der Waals surface area contributed by atoms with E-state index in [-0.39, 0.29) is 5.82 Å². The van der Waals surface area contributed by atoms with Gasteiger partial charge in [0.05, 0.1) is 18.3 Å². The van der Waals surface area contributed by atoms with Crippen LogP contribution in [-0.4, -0.2) is 53.9 Å². The molecule has 2 aromatic rings. The van der Waals surface area contributed by atoms with E-state index in [0.717, 1.165) is 5.56 Å². The quantitative estimate of drug-likeness (QED) is 0.516. The van der Waals surface area contributed by atoms with Crippen molar-refractivity contribution < 1.29 is 25.5 Å². The number of hydrogen-bond acceptors (Lipinski definition) is 6. The second-order valence-electron chi connectivity index (χ2n) is 5.81. The van der Waals surface area contributed by atoms with Gasteiger partial charge in [-0.2, -0.15) is 0 Å². The van der Waals surface area contributed by atoms with Crippen molar-refractivity contribution in [2.45, 2.75) is 36.9 Å². The average molecular weight is 320 g/mol. The average Bonchev–Trinajstić information content (AvgIpc) is 2.99. The minimum absolute atomic E-state index is 0.129. The molecule has 3 rings (SSSR count). The van der Waals surface area contributed by atoms with Gasteiger partial charge in [-0.25, -0.2) is 4.98 Å². The standard InChI is InChI=1S/C16H20N2O5/c19-8-11-13(21)14(22)15(23)16-17-10(7-18(11)16)12(20)6-9-4-2-1-3-5-9/h1-5,7,11-15,19-23H,6,8H2/t11-,12+,13-,14+,15-/m1/s1. The Morgan fingerprint density at radius 1 is 1.09 bits per heavy atom.